The van der Waals surface area contributed by atoms with Gasteiger partial charge in [0.05, 0.1) is 52.1 Å². The molecule has 0 spiro atoms. The Balaban J connectivity index is 3.50. The van der Waals surface area contributed by atoms with Gasteiger partial charge in [-0.1, -0.05) is 0 Å². The standard InChI is InChI=1S/C21H37N5O11/c22-16(21(32)33)1-2-18(29)24-3-5-34-7-9-36-13-19(30)25-4-6-35-8-10-37-14-20(31)26-15(12-27)11-17(23)28/h12,15-16H,1-11,13-14,22H2,(H2,23,28)(H,24,29)(H,25,30)(H,26,31)(H,32,33)/t15-,16-/m0/s1. The monoisotopic (exact) mass is 535 g/mol. The molecule has 0 aliphatic carbocycles. The molecule has 0 aliphatic rings. The number of aliphatic carboxylic acids is 1. The molecule has 0 unspecified atom stereocenters. The van der Waals surface area contributed by atoms with Crippen molar-refractivity contribution in [2.75, 3.05) is 65.9 Å². The Morgan fingerprint density at radius 1 is 0.784 bits per heavy atom. The van der Waals surface area contributed by atoms with Crippen LogP contribution in [0.15, 0.2) is 0 Å². The van der Waals surface area contributed by atoms with E-state index in [1.807, 2.05) is 0 Å². The van der Waals surface area contributed by atoms with Gasteiger partial charge >= 0.3 is 5.97 Å². The van der Waals surface area contributed by atoms with Crippen molar-refractivity contribution in [3.63, 3.8) is 0 Å². The highest BCUT2D eigenvalue weighted by atomic mass is 16.5. The summed E-state index contributed by atoms with van der Waals surface area (Å²) in [6, 6.07) is -2.06. The Bertz CT molecular complexity index is 723. The minimum absolute atomic E-state index is 0.00774. The van der Waals surface area contributed by atoms with E-state index in [4.69, 9.17) is 35.5 Å². The van der Waals surface area contributed by atoms with Gasteiger partial charge in [-0.3, -0.25) is 24.0 Å². The zero-order valence-corrected chi connectivity index (χ0v) is 20.6. The summed E-state index contributed by atoms with van der Waals surface area (Å²) in [5, 5.41) is 16.1. The fourth-order valence-electron chi connectivity index (χ4n) is 2.44. The van der Waals surface area contributed by atoms with Crippen molar-refractivity contribution in [2.45, 2.75) is 31.3 Å². The van der Waals surface area contributed by atoms with Crippen LogP contribution in [-0.4, -0.2) is 119 Å². The molecule has 4 amide bonds. The van der Waals surface area contributed by atoms with Crippen LogP contribution < -0.4 is 27.4 Å². The van der Waals surface area contributed by atoms with Gasteiger partial charge in [-0.15, -0.1) is 0 Å². The number of primary amides is 1. The van der Waals surface area contributed by atoms with Gasteiger partial charge in [0, 0.05) is 19.5 Å². The minimum atomic E-state index is -1.16. The van der Waals surface area contributed by atoms with Crippen LogP contribution in [0.3, 0.4) is 0 Å². The fourth-order valence-corrected chi connectivity index (χ4v) is 2.44. The Morgan fingerprint density at radius 3 is 1.81 bits per heavy atom. The zero-order chi connectivity index (χ0) is 27.9. The molecule has 0 aromatic rings. The van der Waals surface area contributed by atoms with Gasteiger partial charge in [0.2, 0.25) is 23.6 Å². The first-order chi connectivity index (χ1) is 17.6. The predicted molar refractivity (Wildman–Crippen MR) is 126 cm³/mol. The van der Waals surface area contributed by atoms with Crippen LogP contribution in [0.4, 0.5) is 0 Å². The summed E-state index contributed by atoms with van der Waals surface area (Å²) in [6.07, 6.45) is 0.177. The first-order valence-corrected chi connectivity index (χ1v) is 11.5. The lowest BCUT2D eigenvalue weighted by Gasteiger charge is -2.11. The van der Waals surface area contributed by atoms with Gasteiger partial charge in [-0.2, -0.15) is 0 Å². The molecule has 0 saturated carbocycles. The van der Waals surface area contributed by atoms with Crippen molar-refractivity contribution in [2.24, 2.45) is 11.5 Å². The summed E-state index contributed by atoms with van der Waals surface area (Å²) in [5.74, 6) is -3.10. The number of carboxylic acids is 1. The number of carboxylic acid groups (broad SMARTS) is 1. The lowest BCUT2D eigenvalue weighted by Crippen LogP contribution is -2.40. The molecule has 2 atom stereocenters. The highest BCUT2D eigenvalue weighted by Crippen LogP contribution is 1.94. The van der Waals surface area contributed by atoms with Crippen LogP contribution in [0, 0.1) is 0 Å². The average molecular weight is 536 g/mol. The quantitative estimate of drug-likeness (QED) is 0.0512. The topological polar surface area (TPSA) is 248 Å². The van der Waals surface area contributed by atoms with E-state index in [2.05, 4.69) is 16.0 Å². The zero-order valence-electron chi connectivity index (χ0n) is 20.6. The average Bonchev–Trinajstić information content (AvgIpc) is 2.84. The lowest BCUT2D eigenvalue weighted by molar-refractivity contribution is -0.138. The van der Waals surface area contributed by atoms with E-state index in [9.17, 15) is 28.8 Å². The number of carbonyl (C=O) groups is 6. The van der Waals surface area contributed by atoms with E-state index < -0.39 is 29.9 Å². The largest absolute Gasteiger partial charge is 0.480 e. The van der Waals surface area contributed by atoms with E-state index in [0.29, 0.717) is 6.29 Å². The van der Waals surface area contributed by atoms with Gasteiger partial charge in [0.15, 0.2) is 0 Å². The van der Waals surface area contributed by atoms with E-state index >= 15 is 0 Å². The van der Waals surface area contributed by atoms with Crippen LogP contribution in [0.5, 0.6) is 0 Å². The summed E-state index contributed by atoms with van der Waals surface area (Å²) in [6.45, 7) is 1.11. The SMILES string of the molecule is NC(=O)C[C@@H](C=O)NC(=O)COCCOCCNC(=O)COCCOCCNC(=O)CC[C@H](N)C(=O)O. The summed E-state index contributed by atoms with van der Waals surface area (Å²) in [4.78, 5) is 66.8. The number of aldehydes is 1. The number of nitrogens with two attached hydrogens (primary N) is 2. The second kappa shape index (κ2) is 22.1. The Hall–Kier alpha value is -3.18. The third-order valence-electron chi connectivity index (χ3n) is 4.28. The highest BCUT2D eigenvalue weighted by molar-refractivity contribution is 5.84. The number of amides is 4. The molecule has 0 aliphatic heterocycles. The van der Waals surface area contributed by atoms with Gasteiger partial charge in [-0.25, -0.2) is 0 Å². The molecule has 212 valence electrons. The molecular weight excluding hydrogens is 498 g/mol. The van der Waals surface area contributed by atoms with Crippen molar-refractivity contribution in [1.29, 1.82) is 0 Å². The van der Waals surface area contributed by atoms with Crippen molar-refractivity contribution in [1.82, 2.24) is 16.0 Å². The number of hydrogen-bond donors (Lipinski definition) is 6. The summed E-state index contributed by atoms with van der Waals surface area (Å²) in [7, 11) is 0. The number of hydrogen-bond acceptors (Lipinski definition) is 11. The van der Waals surface area contributed by atoms with Crippen LogP contribution in [0.25, 0.3) is 0 Å². The van der Waals surface area contributed by atoms with Gasteiger partial charge in [-0.05, 0) is 6.42 Å². The number of nitrogens with one attached hydrogen (secondary N) is 3. The molecule has 0 aromatic heterocycles. The maximum absolute atomic E-state index is 11.6. The first kappa shape index (κ1) is 33.8. The molecule has 0 radical (unpaired) electrons. The molecule has 0 bridgehead atoms. The van der Waals surface area contributed by atoms with Gasteiger partial charge in [0.25, 0.3) is 0 Å². The van der Waals surface area contributed by atoms with E-state index in [-0.39, 0.29) is 97.0 Å². The highest BCUT2D eigenvalue weighted by Gasteiger charge is 2.14. The smallest absolute Gasteiger partial charge is 0.320 e. The Labute approximate surface area is 214 Å². The molecule has 16 heteroatoms. The molecule has 0 saturated heterocycles. The molecule has 0 fully saturated rings. The third kappa shape index (κ3) is 21.8. The van der Waals surface area contributed by atoms with Crippen LogP contribution in [0.2, 0.25) is 0 Å². The maximum Gasteiger partial charge on any atom is 0.320 e. The van der Waals surface area contributed by atoms with Gasteiger partial charge in [0.1, 0.15) is 25.5 Å². The van der Waals surface area contributed by atoms with Crippen molar-refractivity contribution >= 4 is 35.9 Å². The first-order valence-electron chi connectivity index (χ1n) is 11.5. The van der Waals surface area contributed by atoms with E-state index in [1.165, 1.54) is 0 Å². The van der Waals surface area contributed by atoms with Crippen molar-refractivity contribution in [3.05, 3.63) is 0 Å². The number of ether oxygens (including phenoxy) is 4. The molecule has 8 N–H and O–H groups in total. The fraction of sp³-hybridized carbons (Fsp3) is 0.714. The number of carbonyl (C=O) groups excluding carboxylic acids is 5. The van der Waals surface area contributed by atoms with Crippen molar-refractivity contribution in [3.8, 4) is 0 Å². The summed E-state index contributed by atoms with van der Waals surface area (Å²) >= 11 is 0. The molecule has 37 heavy (non-hydrogen) atoms. The predicted octanol–water partition coefficient (Wildman–Crippen LogP) is -3.96. The van der Waals surface area contributed by atoms with E-state index in [0.717, 1.165) is 0 Å². The Morgan fingerprint density at radius 2 is 1.30 bits per heavy atom. The molecule has 0 heterocycles. The Kier molecular flexibility index (Phi) is 20.2. The van der Waals surface area contributed by atoms with E-state index in [1.54, 1.807) is 0 Å². The lowest BCUT2D eigenvalue weighted by atomic mass is 10.1. The van der Waals surface area contributed by atoms with Crippen LogP contribution in [-0.2, 0) is 47.7 Å². The molecule has 0 aromatic carbocycles. The summed E-state index contributed by atoms with van der Waals surface area (Å²) < 4.78 is 20.7. The normalized spacial score (nSPS) is 12.2. The van der Waals surface area contributed by atoms with Crippen molar-refractivity contribution < 1.29 is 52.8 Å². The number of rotatable bonds is 24. The van der Waals surface area contributed by atoms with Crippen LogP contribution >= 0.6 is 0 Å². The second-order valence-corrected chi connectivity index (χ2v) is 7.49. The second-order valence-electron chi connectivity index (χ2n) is 7.49. The van der Waals surface area contributed by atoms with Crippen LogP contribution in [0.1, 0.15) is 19.3 Å². The molecular formula is C21H37N5O11. The molecule has 0 rings (SSSR count). The van der Waals surface area contributed by atoms with Gasteiger partial charge < -0.3 is 56.3 Å². The minimum Gasteiger partial charge on any atom is -0.480 e. The molecule has 16 nitrogen and oxygen atoms in total. The third-order valence-corrected chi connectivity index (χ3v) is 4.28. The maximum atomic E-state index is 11.6. The summed E-state index contributed by atoms with van der Waals surface area (Å²) in [5.41, 5.74) is 10.3.